The van der Waals surface area contributed by atoms with Gasteiger partial charge >= 0.3 is 5.91 Å². The smallest absolute Gasteiger partial charge is 0.318 e. The van der Waals surface area contributed by atoms with Gasteiger partial charge in [-0.2, -0.15) is 4.99 Å². The molecule has 5 nitrogen and oxygen atoms in total. The molecule has 0 aliphatic heterocycles. The van der Waals surface area contributed by atoms with Crippen LogP contribution < -0.4 is 4.80 Å². The maximum atomic E-state index is 12.1. The molecule has 0 spiro atoms. The highest BCUT2D eigenvalue weighted by Gasteiger charge is 2.12. The number of halogens is 1. The summed E-state index contributed by atoms with van der Waals surface area (Å²) in [5, 5.41) is 4.36. The number of nitrogens with zero attached hydrogens (tertiary/aromatic N) is 3. The molecule has 0 saturated heterocycles. The van der Waals surface area contributed by atoms with E-state index in [9.17, 15) is 4.79 Å². The summed E-state index contributed by atoms with van der Waals surface area (Å²) in [5.41, 5.74) is 1.66. The number of hydrogen-bond donors (Lipinski definition) is 0. The molecule has 108 valence electrons. The zero-order valence-corrected chi connectivity index (χ0v) is 13.0. The molecule has 0 saturated carbocycles. The summed E-state index contributed by atoms with van der Waals surface area (Å²) in [5.74, 6) is -0.291. The molecule has 2 aromatic heterocycles. The van der Waals surface area contributed by atoms with Crippen molar-refractivity contribution in [3.05, 3.63) is 45.5 Å². The normalized spacial score (nSPS) is 12.2. The van der Waals surface area contributed by atoms with Crippen molar-refractivity contribution in [1.82, 2.24) is 9.72 Å². The summed E-state index contributed by atoms with van der Waals surface area (Å²) < 4.78 is 7.91. The van der Waals surface area contributed by atoms with Crippen molar-refractivity contribution in [2.75, 3.05) is 0 Å². The largest absolute Gasteiger partial charge is 0.351 e. The Balaban J connectivity index is 2.15. The lowest BCUT2D eigenvalue weighted by molar-refractivity contribution is 0.0962. The molecule has 0 fully saturated rings. The van der Waals surface area contributed by atoms with Crippen molar-refractivity contribution in [2.45, 2.75) is 20.4 Å². The van der Waals surface area contributed by atoms with Crippen LogP contribution in [0.4, 0.5) is 0 Å². The number of carbonyl (C=O) groups excluding carboxylic acids is 1. The van der Waals surface area contributed by atoms with Gasteiger partial charge in [-0.05, 0) is 32.0 Å². The molecule has 0 bridgehead atoms. The van der Waals surface area contributed by atoms with Gasteiger partial charge in [0.05, 0.1) is 15.9 Å². The molecule has 0 unspecified atom stereocenters. The molecule has 0 radical (unpaired) electrons. The van der Waals surface area contributed by atoms with Crippen LogP contribution in [-0.2, 0) is 6.54 Å². The SMILES string of the molecule is CCn1c(=NC(=O)c2cc(C)no2)sc2cc(Cl)ccc21. The van der Waals surface area contributed by atoms with Crippen LogP contribution in [0, 0.1) is 6.92 Å². The van der Waals surface area contributed by atoms with Gasteiger partial charge < -0.3 is 9.09 Å². The third-order valence-electron chi connectivity index (χ3n) is 3.00. The molecule has 0 aliphatic carbocycles. The van der Waals surface area contributed by atoms with Gasteiger partial charge in [-0.25, -0.2) is 0 Å². The number of aromatic nitrogens is 2. The summed E-state index contributed by atoms with van der Waals surface area (Å²) in [7, 11) is 0. The minimum atomic E-state index is -0.435. The summed E-state index contributed by atoms with van der Waals surface area (Å²) in [6.45, 7) is 4.47. The minimum absolute atomic E-state index is 0.144. The van der Waals surface area contributed by atoms with Crippen LogP contribution in [0.1, 0.15) is 23.2 Å². The average Bonchev–Trinajstić information content (AvgIpc) is 3.01. The number of benzene rings is 1. The number of fused-ring (bicyclic) bond motifs is 1. The van der Waals surface area contributed by atoms with Crippen LogP contribution in [-0.4, -0.2) is 15.6 Å². The van der Waals surface area contributed by atoms with E-state index in [1.54, 1.807) is 13.0 Å². The van der Waals surface area contributed by atoms with Crippen molar-refractivity contribution in [1.29, 1.82) is 0 Å². The molecule has 1 amide bonds. The quantitative estimate of drug-likeness (QED) is 0.726. The topological polar surface area (TPSA) is 60.4 Å². The van der Waals surface area contributed by atoms with E-state index in [4.69, 9.17) is 16.1 Å². The van der Waals surface area contributed by atoms with Crippen LogP contribution >= 0.6 is 22.9 Å². The second-order valence-electron chi connectivity index (χ2n) is 4.49. The Labute approximate surface area is 129 Å². The lowest BCUT2D eigenvalue weighted by Crippen LogP contribution is -2.15. The number of thiazole rings is 1. The van der Waals surface area contributed by atoms with E-state index in [0.717, 1.165) is 10.2 Å². The zero-order chi connectivity index (χ0) is 15.0. The molecule has 7 heteroatoms. The van der Waals surface area contributed by atoms with Crippen LogP contribution in [0.5, 0.6) is 0 Å². The first-order valence-electron chi connectivity index (χ1n) is 6.39. The number of carbonyl (C=O) groups is 1. The van der Waals surface area contributed by atoms with Crippen LogP contribution in [0.3, 0.4) is 0 Å². The Morgan fingerprint density at radius 3 is 2.95 bits per heavy atom. The Bertz CT molecular complexity index is 891. The summed E-state index contributed by atoms with van der Waals surface area (Å²) in [6.07, 6.45) is 0. The predicted molar refractivity (Wildman–Crippen MR) is 81.6 cm³/mol. The van der Waals surface area contributed by atoms with E-state index in [1.807, 2.05) is 29.7 Å². The molecule has 0 aliphatic rings. The highest BCUT2D eigenvalue weighted by molar-refractivity contribution is 7.16. The van der Waals surface area contributed by atoms with Gasteiger partial charge in [-0.1, -0.05) is 28.1 Å². The number of rotatable bonds is 2. The van der Waals surface area contributed by atoms with Crippen molar-refractivity contribution >= 4 is 39.1 Å². The van der Waals surface area contributed by atoms with Crippen LogP contribution in [0.2, 0.25) is 5.02 Å². The van der Waals surface area contributed by atoms with E-state index in [1.165, 1.54) is 11.3 Å². The third-order valence-corrected chi connectivity index (χ3v) is 4.27. The molecule has 0 N–H and O–H groups in total. The number of hydrogen-bond acceptors (Lipinski definition) is 4. The second-order valence-corrected chi connectivity index (χ2v) is 5.94. The molecular weight excluding hydrogens is 310 g/mol. The predicted octanol–water partition coefficient (Wildman–Crippen LogP) is 3.41. The van der Waals surface area contributed by atoms with E-state index in [0.29, 0.717) is 22.1 Å². The van der Waals surface area contributed by atoms with Gasteiger partial charge in [0.2, 0.25) is 5.76 Å². The van der Waals surface area contributed by atoms with Crippen molar-refractivity contribution in [2.24, 2.45) is 4.99 Å². The Morgan fingerprint density at radius 1 is 1.48 bits per heavy atom. The molecule has 1 aromatic carbocycles. The lowest BCUT2D eigenvalue weighted by Gasteiger charge is -1.99. The molecule has 3 rings (SSSR count). The van der Waals surface area contributed by atoms with Gasteiger partial charge in [-0.15, -0.1) is 0 Å². The summed E-state index contributed by atoms with van der Waals surface area (Å²) in [6, 6.07) is 7.20. The third kappa shape index (κ3) is 2.64. The summed E-state index contributed by atoms with van der Waals surface area (Å²) in [4.78, 5) is 16.9. The standard InChI is InChI=1S/C14H12ClN3O2S/c1-3-18-10-5-4-9(15)7-12(10)21-14(18)16-13(19)11-6-8(2)17-20-11/h4-7H,3H2,1-2H3. The number of aryl methyl sites for hydroxylation is 2. The zero-order valence-electron chi connectivity index (χ0n) is 11.5. The second kappa shape index (κ2) is 5.46. The first-order valence-corrected chi connectivity index (χ1v) is 7.59. The van der Waals surface area contributed by atoms with Gasteiger partial charge in [0.15, 0.2) is 4.80 Å². The highest BCUT2D eigenvalue weighted by Crippen LogP contribution is 2.21. The number of amides is 1. The Hall–Kier alpha value is -1.92. The molecule has 3 aromatic rings. The molecule has 2 heterocycles. The molecule has 0 atom stereocenters. The monoisotopic (exact) mass is 321 g/mol. The van der Waals surface area contributed by atoms with Gasteiger partial charge in [0.25, 0.3) is 0 Å². The highest BCUT2D eigenvalue weighted by atomic mass is 35.5. The molecular formula is C14H12ClN3O2S. The average molecular weight is 322 g/mol. The fourth-order valence-corrected chi connectivity index (χ4v) is 3.41. The van der Waals surface area contributed by atoms with Gasteiger partial charge in [0.1, 0.15) is 0 Å². The van der Waals surface area contributed by atoms with Gasteiger partial charge in [-0.3, -0.25) is 4.79 Å². The fourth-order valence-electron chi connectivity index (χ4n) is 2.04. The van der Waals surface area contributed by atoms with E-state index >= 15 is 0 Å². The van der Waals surface area contributed by atoms with Crippen LogP contribution in [0.15, 0.2) is 33.8 Å². The van der Waals surface area contributed by atoms with Crippen molar-refractivity contribution in [3.8, 4) is 0 Å². The maximum Gasteiger partial charge on any atom is 0.318 e. The first-order chi connectivity index (χ1) is 10.1. The Kier molecular flexibility index (Phi) is 3.65. The Morgan fingerprint density at radius 2 is 2.29 bits per heavy atom. The van der Waals surface area contributed by atoms with Gasteiger partial charge in [0, 0.05) is 17.6 Å². The van der Waals surface area contributed by atoms with Crippen molar-refractivity contribution in [3.63, 3.8) is 0 Å². The molecule has 21 heavy (non-hydrogen) atoms. The lowest BCUT2D eigenvalue weighted by atomic mass is 10.3. The van der Waals surface area contributed by atoms with E-state index < -0.39 is 5.91 Å². The minimum Gasteiger partial charge on any atom is -0.351 e. The van der Waals surface area contributed by atoms with Crippen molar-refractivity contribution < 1.29 is 9.32 Å². The summed E-state index contributed by atoms with van der Waals surface area (Å²) >= 11 is 7.43. The van der Waals surface area contributed by atoms with E-state index in [2.05, 4.69) is 10.1 Å². The fraction of sp³-hybridized carbons (Fsp3) is 0.214. The van der Waals surface area contributed by atoms with Crippen LogP contribution in [0.25, 0.3) is 10.2 Å². The first kappa shape index (κ1) is 14.0. The maximum absolute atomic E-state index is 12.1. The van der Waals surface area contributed by atoms with E-state index in [-0.39, 0.29) is 5.76 Å².